The minimum absolute atomic E-state index is 0.410. The van der Waals surface area contributed by atoms with Crippen LogP contribution in [-0.2, 0) is 0 Å². The molecule has 0 spiro atoms. The van der Waals surface area contributed by atoms with E-state index in [0.29, 0.717) is 10.3 Å². The van der Waals surface area contributed by atoms with E-state index in [1.54, 1.807) is 6.07 Å². The maximum absolute atomic E-state index is 6.14. The normalized spacial score (nSPS) is 12.8. The number of halogens is 2. The zero-order valence-electron chi connectivity index (χ0n) is 11.2. The first-order valence-electron chi connectivity index (χ1n) is 5.84. The lowest BCUT2D eigenvalue weighted by molar-refractivity contribution is 0.514. The Morgan fingerprint density at radius 1 is 1.33 bits per heavy atom. The Morgan fingerprint density at radius 3 is 2.50 bits per heavy atom. The summed E-state index contributed by atoms with van der Waals surface area (Å²) in [5.74, 6) is 0. The van der Waals surface area contributed by atoms with Gasteiger partial charge in [0.05, 0.1) is 0 Å². The van der Waals surface area contributed by atoms with Crippen LogP contribution in [-0.4, -0.2) is 24.0 Å². The van der Waals surface area contributed by atoms with Crippen LogP contribution in [0.4, 0.5) is 0 Å². The van der Waals surface area contributed by atoms with Gasteiger partial charge in [-0.1, -0.05) is 36.2 Å². The Hall–Kier alpha value is -0.990. The first-order valence-corrected chi connectivity index (χ1v) is 6.59. The highest BCUT2D eigenvalue weighted by Gasteiger charge is 2.07. The van der Waals surface area contributed by atoms with Gasteiger partial charge in [-0.3, -0.25) is 0 Å². The third-order valence-electron chi connectivity index (χ3n) is 2.62. The smallest absolute Gasteiger partial charge is 0.138 e. The fraction of sp³-hybridized carbons (Fsp3) is 0.357. The SMILES string of the molecule is CC/C=C(/C=C(\C)N(C)C)c1ccc(Cl)nc1Cl. The van der Waals surface area contributed by atoms with E-state index in [0.717, 1.165) is 23.3 Å². The molecule has 1 aromatic heterocycles. The van der Waals surface area contributed by atoms with Crippen molar-refractivity contribution < 1.29 is 0 Å². The molecule has 1 heterocycles. The molecular weight excluding hydrogens is 267 g/mol. The fourth-order valence-electron chi connectivity index (χ4n) is 1.45. The Balaban J connectivity index is 3.22. The van der Waals surface area contributed by atoms with E-state index in [1.807, 2.05) is 20.2 Å². The Bertz CT molecular complexity index is 477. The number of hydrogen-bond acceptors (Lipinski definition) is 2. The van der Waals surface area contributed by atoms with Crippen LogP contribution >= 0.6 is 23.2 Å². The molecule has 0 aliphatic rings. The van der Waals surface area contributed by atoms with Gasteiger partial charge in [0.2, 0.25) is 0 Å². The van der Waals surface area contributed by atoms with Crippen LogP contribution in [0.15, 0.2) is 30.0 Å². The number of hydrogen-bond donors (Lipinski definition) is 0. The molecule has 0 atom stereocenters. The van der Waals surface area contributed by atoms with Gasteiger partial charge in [-0.05, 0) is 37.1 Å². The number of nitrogens with zero attached hydrogens (tertiary/aromatic N) is 2. The molecule has 0 unspecified atom stereocenters. The molecule has 0 radical (unpaired) electrons. The van der Waals surface area contributed by atoms with Crippen molar-refractivity contribution in [2.75, 3.05) is 14.1 Å². The highest BCUT2D eigenvalue weighted by Crippen LogP contribution is 2.26. The Morgan fingerprint density at radius 2 is 2.00 bits per heavy atom. The second-order valence-corrected chi connectivity index (χ2v) is 4.97. The van der Waals surface area contributed by atoms with Crippen LogP contribution in [0.1, 0.15) is 25.8 Å². The van der Waals surface area contributed by atoms with E-state index in [1.165, 1.54) is 0 Å². The van der Waals surface area contributed by atoms with Crippen LogP contribution in [0.3, 0.4) is 0 Å². The number of aromatic nitrogens is 1. The minimum atomic E-state index is 0.410. The Kier molecular flexibility index (Phi) is 5.70. The molecule has 0 saturated heterocycles. The number of pyridine rings is 1. The van der Waals surface area contributed by atoms with Gasteiger partial charge >= 0.3 is 0 Å². The quantitative estimate of drug-likeness (QED) is 0.591. The highest BCUT2D eigenvalue weighted by molar-refractivity contribution is 6.33. The lowest BCUT2D eigenvalue weighted by Gasteiger charge is -2.14. The van der Waals surface area contributed by atoms with Crippen molar-refractivity contribution in [2.45, 2.75) is 20.3 Å². The number of allylic oxidation sites excluding steroid dienone is 4. The zero-order valence-corrected chi connectivity index (χ0v) is 12.7. The molecule has 0 N–H and O–H groups in total. The summed E-state index contributed by atoms with van der Waals surface area (Å²) < 4.78 is 0. The van der Waals surface area contributed by atoms with E-state index >= 15 is 0 Å². The zero-order chi connectivity index (χ0) is 13.7. The largest absolute Gasteiger partial charge is 0.381 e. The average Bonchev–Trinajstić information content (AvgIpc) is 2.28. The predicted molar refractivity (Wildman–Crippen MR) is 80.0 cm³/mol. The monoisotopic (exact) mass is 284 g/mol. The van der Waals surface area contributed by atoms with Crippen molar-refractivity contribution in [1.82, 2.24) is 9.88 Å². The van der Waals surface area contributed by atoms with Crippen molar-refractivity contribution in [3.05, 3.63) is 45.9 Å². The van der Waals surface area contributed by atoms with Crippen LogP contribution in [0, 0.1) is 0 Å². The standard InChI is InChI=1S/C14H18Cl2N2/c1-5-6-11(9-10(2)18(3)4)12-7-8-13(15)17-14(12)16/h6-9H,5H2,1-4H3/b10-9+,11-6-. The van der Waals surface area contributed by atoms with Gasteiger partial charge in [0.1, 0.15) is 10.3 Å². The van der Waals surface area contributed by atoms with Gasteiger partial charge in [0, 0.05) is 25.4 Å². The van der Waals surface area contributed by atoms with Gasteiger partial charge in [0.15, 0.2) is 0 Å². The molecule has 0 saturated carbocycles. The fourth-order valence-corrected chi connectivity index (χ4v) is 1.90. The van der Waals surface area contributed by atoms with Crippen LogP contribution < -0.4 is 0 Å². The van der Waals surface area contributed by atoms with E-state index in [2.05, 4.69) is 35.9 Å². The first-order chi connectivity index (χ1) is 8.45. The predicted octanol–water partition coefficient (Wildman–Crippen LogP) is 4.65. The maximum atomic E-state index is 6.14. The molecule has 2 nitrogen and oxygen atoms in total. The first kappa shape index (κ1) is 15.1. The van der Waals surface area contributed by atoms with Crippen molar-refractivity contribution >= 4 is 28.8 Å². The maximum Gasteiger partial charge on any atom is 0.138 e. The molecule has 4 heteroatoms. The topological polar surface area (TPSA) is 16.1 Å². The van der Waals surface area contributed by atoms with Crippen molar-refractivity contribution in [3.8, 4) is 0 Å². The van der Waals surface area contributed by atoms with Gasteiger partial charge in [-0.2, -0.15) is 0 Å². The third-order valence-corrected chi connectivity index (χ3v) is 3.12. The molecule has 0 fully saturated rings. The van der Waals surface area contributed by atoms with E-state index in [4.69, 9.17) is 23.2 Å². The second kappa shape index (κ2) is 6.81. The van der Waals surface area contributed by atoms with Gasteiger partial charge in [-0.15, -0.1) is 0 Å². The van der Waals surface area contributed by atoms with E-state index < -0.39 is 0 Å². The average molecular weight is 285 g/mol. The molecule has 0 aliphatic heterocycles. The summed E-state index contributed by atoms with van der Waals surface area (Å²) in [4.78, 5) is 6.13. The van der Waals surface area contributed by atoms with Crippen molar-refractivity contribution in [1.29, 1.82) is 0 Å². The molecule has 0 amide bonds. The van der Waals surface area contributed by atoms with Crippen LogP contribution in [0.5, 0.6) is 0 Å². The molecule has 0 aliphatic carbocycles. The molecular formula is C14H18Cl2N2. The van der Waals surface area contributed by atoms with Crippen LogP contribution in [0.25, 0.3) is 5.57 Å². The van der Waals surface area contributed by atoms with Crippen molar-refractivity contribution in [2.24, 2.45) is 0 Å². The second-order valence-electron chi connectivity index (χ2n) is 4.22. The van der Waals surface area contributed by atoms with Gasteiger partial charge in [-0.25, -0.2) is 4.98 Å². The summed E-state index contributed by atoms with van der Waals surface area (Å²) in [5.41, 5.74) is 3.13. The summed E-state index contributed by atoms with van der Waals surface area (Å²) in [6, 6.07) is 3.66. The molecule has 1 aromatic rings. The highest BCUT2D eigenvalue weighted by atomic mass is 35.5. The van der Waals surface area contributed by atoms with Gasteiger partial charge in [0.25, 0.3) is 0 Å². The summed E-state index contributed by atoms with van der Waals surface area (Å²) in [5, 5.41) is 0.845. The van der Waals surface area contributed by atoms with Gasteiger partial charge < -0.3 is 4.90 Å². The lowest BCUT2D eigenvalue weighted by atomic mass is 10.1. The lowest BCUT2D eigenvalue weighted by Crippen LogP contribution is -2.08. The summed E-state index contributed by atoms with van der Waals surface area (Å²) in [7, 11) is 4.02. The summed E-state index contributed by atoms with van der Waals surface area (Å²) in [6.45, 7) is 4.15. The number of rotatable bonds is 4. The Labute approximate surface area is 119 Å². The molecule has 98 valence electrons. The van der Waals surface area contributed by atoms with Crippen molar-refractivity contribution in [3.63, 3.8) is 0 Å². The van der Waals surface area contributed by atoms with Crippen LogP contribution in [0.2, 0.25) is 10.3 Å². The summed E-state index contributed by atoms with van der Waals surface area (Å²) >= 11 is 12.0. The van der Waals surface area contributed by atoms with E-state index in [9.17, 15) is 0 Å². The molecule has 0 aromatic carbocycles. The molecule has 1 rings (SSSR count). The third kappa shape index (κ3) is 4.04. The minimum Gasteiger partial charge on any atom is -0.381 e. The summed E-state index contributed by atoms with van der Waals surface area (Å²) in [6.07, 6.45) is 5.16. The van der Waals surface area contributed by atoms with E-state index in [-0.39, 0.29) is 0 Å². The molecule has 0 bridgehead atoms. The molecule has 18 heavy (non-hydrogen) atoms.